The van der Waals surface area contributed by atoms with Gasteiger partial charge >= 0.3 is 0 Å². The van der Waals surface area contributed by atoms with E-state index in [-0.39, 0.29) is 5.82 Å². The molecule has 0 spiro atoms. The molecular weight excluding hydrogens is 203 g/mol. The highest BCUT2D eigenvalue weighted by atomic mass is 19.1. The Morgan fingerprint density at radius 3 is 3.00 bits per heavy atom. The van der Waals surface area contributed by atoms with Crippen LogP contribution in [0.15, 0.2) is 18.2 Å². The molecule has 1 unspecified atom stereocenters. The van der Waals surface area contributed by atoms with Crippen LogP contribution in [0.3, 0.4) is 0 Å². The van der Waals surface area contributed by atoms with Crippen LogP contribution in [0.5, 0.6) is 0 Å². The number of hydrogen-bond acceptors (Lipinski definition) is 2. The fraction of sp³-hybridized carbons (Fsp3) is 0.538. The SMILES string of the molecule is CCC1CCN(Cc2cccc(F)c2N)C1. The molecule has 1 atom stereocenters. The number of nitrogens with two attached hydrogens (primary N) is 1. The van der Waals surface area contributed by atoms with Gasteiger partial charge in [0.05, 0.1) is 5.69 Å². The lowest BCUT2D eigenvalue weighted by Gasteiger charge is -2.17. The van der Waals surface area contributed by atoms with Crippen LogP contribution in [0.4, 0.5) is 10.1 Å². The quantitative estimate of drug-likeness (QED) is 0.797. The van der Waals surface area contributed by atoms with Gasteiger partial charge in [0, 0.05) is 13.1 Å². The molecule has 1 aromatic carbocycles. The van der Waals surface area contributed by atoms with Crippen LogP contribution in [-0.4, -0.2) is 18.0 Å². The summed E-state index contributed by atoms with van der Waals surface area (Å²) in [6, 6.07) is 5.06. The topological polar surface area (TPSA) is 29.3 Å². The van der Waals surface area contributed by atoms with Crippen molar-refractivity contribution in [3.8, 4) is 0 Å². The Morgan fingerprint density at radius 1 is 1.50 bits per heavy atom. The van der Waals surface area contributed by atoms with Crippen LogP contribution >= 0.6 is 0 Å². The van der Waals surface area contributed by atoms with Crippen molar-refractivity contribution in [1.29, 1.82) is 0 Å². The third kappa shape index (κ3) is 2.35. The van der Waals surface area contributed by atoms with E-state index in [1.807, 2.05) is 6.07 Å². The molecule has 1 fully saturated rings. The Balaban J connectivity index is 2.02. The first-order chi connectivity index (χ1) is 7.70. The second kappa shape index (κ2) is 4.83. The summed E-state index contributed by atoms with van der Waals surface area (Å²) in [5.41, 5.74) is 6.95. The molecule has 88 valence electrons. The van der Waals surface area contributed by atoms with E-state index in [0.717, 1.165) is 31.1 Å². The predicted octanol–water partition coefficient (Wildman–Crippen LogP) is 2.64. The third-order valence-electron chi connectivity index (χ3n) is 3.48. The Morgan fingerprint density at radius 2 is 2.31 bits per heavy atom. The van der Waals surface area contributed by atoms with Crippen molar-refractivity contribution in [2.75, 3.05) is 18.8 Å². The number of hydrogen-bond donors (Lipinski definition) is 1. The molecule has 2 rings (SSSR count). The van der Waals surface area contributed by atoms with Crippen molar-refractivity contribution in [2.24, 2.45) is 5.92 Å². The van der Waals surface area contributed by atoms with Gasteiger partial charge < -0.3 is 5.73 Å². The van der Waals surface area contributed by atoms with E-state index in [4.69, 9.17) is 5.73 Å². The molecule has 1 saturated heterocycles. The summed E-state index contributed by atoms with van der Waals surface area (Å²) in [4.78, 5) is 2.36. The van der Waals surface area contributed by atoms with E-state index in [0.29, 0.717) is 5.69 Å². The molecule has 0 bridgehead atoms. The van der Waals surface area contributed by atoms with Crippen LogP contribution in [0.1, 0.15) is 25.3 Å². The van der Waals surface area contributed by atoms with Gasteiger partial charge in [0.25, 0.3) is 0 Å². The molecule has 0 saturated carbocycles. The zero-order valence-corrected chi connectivity index (χ0v) is 9.75. The van der Waals surface area contributed by atoms with E-state index in [1.165, 1.54) is 18.9 Å². The lowest BCUT2D eigenvalue weighted by atomic mass is 10.1. The van der Waals surface area contributed by atoms with Gasteiger partial charge in [-0.1, -0.05) is 25.5 Å². The second-order valence-electron chi connectivity index (χ2n) is 4.61. The van der Waals surface area contributed by atoms with E-state index in [1.54, 1.807) is 6.07 Å². The molecule has 0 aromatic heterocycles. The van der Waals surface area contributed by atoms with Gasteiger partial charge in [-0.3, -0.25) is 4.90 Å². The number of rotatable bonds is 3. The zero-order chi connectivity index (χ0) is 11.5. The maximum Gasteiger partial charge on any atom is 0.146 e. The van der Waals surface area contributed by atoms with Gasteiger partial charge in [0.2, 0.25) is 0 Å². The average Bonchev–Trinajstić information content (AvgIpc) is 2.73. The molecule has 0 amide bonds. The standard InChI is InChI=1S/C13H19FN2/c1-2-10-6-7-16(8-10)9-11-4-3-5-12(14)13(11)15/h3-5,10H,2,6-9,15H2,1H3. The molecule has 1 aromatic rings. The second-order valence-corrected chi connectivity index (χ2v) is 4.61. The number of anilines is 1. The Bertz CT molecular complexity index is 365. The fourth-order valence-electron chi connectivity index (χ4n) is 2.35. The number of para-hydroxylation sites is 1. The summed E-state index contributed by atoms with van der Waals surface area (Å²) in [7, 11) is 0. The van der Waals surface area contributed by atoms with Gasteiger partial charge in [0.15, 0.2) is 0 Å². The average molecular weight is 222 g/mol. The van der Waals surface area contributed by atoms with Gasteiger partial charge in [-0.05, 0) is 30.5 Å². The van der Waals surface area contributed by atoms with Gasteiger partial charge in [-0.25, -0.2) is 4.39 Å². The summed E-state index contributed by atoms with van der Waals surface area (Å²) in [6.45, 7) is 5.23. The minimum Gasteiger partial charge on any atom is -0.396 e. The van der Waals surface area contributed by atoms with E-state index in [2.05, 4.69) is 11.8 Å². The monoisotopic (exact) mass is 222 g/mol. The van der Waals surface area contributed by atoms with Crippen molar-refractivity contribution in [3.63, 3.8) is 0 Å². The van der Waals surface area contributed by atoms with Crippen molar-refractivity contribution >= 4 is 5.69 Å². The smallest absolute Gasteiger partial charge is 0.146 e. The predicted molar refractivity (Wildman–Crippen MR) is 64.5 cm³/mol. The Hall–Kier alpha value is -1.09. The molecule has 1 aliphatic rings. The number of benzene rings is 1. The first kappa shape index (κ1) is 11.4. The van der Waals surface area contributed by atoms with Crippen LogP contribution in [0, 0.1) is 11.7 Å². The highest BCUT2D eigenvalue weighted by Gasteiger charge is 2.21. The number of nitrogen functional groups attached to an aromatic ring is 1. The largest absolute Gasteiger partial charge is 0.396 e. The molecular formula is C13H19FN2. The van der Waals surface area contributed by atoms with Crippen LogP contribution in [0.2, 0.25) is 0 Å². The van der Waals surface area contributed by atoms with Gasteiger partial charge in [-0.2, -0.15) is 0 Å². The maximum atomic E-state index is 13.3. The first-order valence-corrected chi connectivity index (χ1v) is 5.96. The Kier molecular flexibility index (Phi) is 3.44. The van der Waals surface area contributed by atoms with E-state index in [9.17, 15) is 4.39 Å². The summed E-state index contributed by atoms with van der Waals surface area (Å²) in [6.07, 6.45) is 2.49. The van der Waals surface area contributed by atoms with Gasteiger partial charge in [-0.15, -0.1) is 0 Å². The molecule has 2 N–H and O–H groups in total. The van der Waals surface area contributed by atoms with Gasteiger partial charge in [0.1, 0.15) is 5.82 Å². The lowest BCUT2D eigenvalue weighted by molar-refractivity contribution is 0.315. The molecule has 1 aliphatic heterocycles. The molecule has 3 heteroatoms. The highest BCUT2D eigenvalue weighted by Crippen LogP contribution is 2.23. The molecule has 2 nitrogen and oxygen atoms in total. The molecule has 0 radical (unpaired) electrons. The van der Waals surface area contributed by atoms with Crippen LogP contribution in [-0.2, 0) is 6.54 Å². The summed E-state index contributed by atoms with van der Waals surface area (Å²) in [5, 5.41) is 0. The minimum atomic E-state index is -0.302. The molecule has 0 aliphatic carbocycles. The minimum absolute atomic E-state index is 0.302. The third-order valence-corrected chi connectivity index (χ3v) is 3.48. The van der Waals surface area contributed by atoms with Crippen LogP contribution < -0.4 is 5.73 Å². The van der Waals surface area contributed by atoms with Crippen molar-refractivity contribution < 1.29 is 4.39 Å². The number of likely N-dealkylation sites (tertiary alicyclic amines) is 1. The number of nitrogens with zero attached hydrogens (tertiary/aromatic N) is 1. The summed E-state index contributed by atoms with van der Waals surface area (Å²) in [5.74, 6) is 0.499. The van der Waals surface area contributed by atoms with Crippen molar-refractivity contribution in [2.45, 2.75) is 26.3 Å². The van der Waals surface area contributed by atoms with E-state index < -0.39 is 0 Å². The summed E-state index contributed by atoms with van der Waals surface area (Å²) >= 11 is 0. The van der Waals surface area contributed by atoms with Crippen molar-refractivity contribution in [1.82, 2.24) is 4.90 Å². The molecule has 1 heterocycles. The summed E-state index contributed by atoms with van der Waals surface area (Å²) < 4.78 is 13.3. The first-order valence-electron chi connectivity index (χ1n) is 5.96. The Labute approximate surface area is 96.2 Å². The van der Waals surface area contributed by atoms with E-state index >= 15 is 0 Å². The maximum absolute atomic E-state index is 13.3. The lowest BCUT2D eigenvalue weighted by Crippen LogP contribution is -2.20. The van der Waals surface area contributed by atoms with Crippen molar-refractivity contribution in [3.05, 3.63) is 29.6 Å². The fourth-order valence-corrected chi connectivity index (χ4v) is 2.35. The number of halogens is 1. The normalized spacial score (nSPS) is 21.5. The highest BCUT2D eigenvalue weighted by molar-refractivity contribution is 5.47. The van der Waals surface area contributed by atoms with Crippen LogP contribution in [0.25, 0.3) is 0 Å². The zero-order valence-electron chi connectivity index (χ0n) is 9.75. The molecule has 16 heavy (non-hydrogen) atoms.